The third kappa shape index (κ3) is 3.00. The lowest BCUT2D eigenvalue weighted by atomic mass is 10.1. The van der Waals surface area contributed by atoms with Crippen LogP contribution in [0, 0.1) is 17.2 Å². The van der Waals surface area contributed by atoms with Gasteiger partial charge in [0.25, 0.3) is 0 Å². The summed E-state index contributed by atoms with van der Waals surface area (Å²) < 4.78 is 5.85. The Kier molecular flexibility index (Phi) is 3.95. The lowest BCUT2D eigenvalue weighted by Crippen LogP contribution is -2.24. The minimum Gasteiger partial charge on any atom is -0.476 e. The summed E-state index contributed by atoms with van der Waals surface area (Å²) >= 11 is 0. The van der Waals surface area contributed by atoms with Gasteiger partial charge in [0.2, 0.25) is 11.8 Å². The van der Waals surface area contributed by atoms with Crippen molar-refractivity contribution in [1.82, 2.24) is 20.2 Å². The highest BCUT2D eigenvalue weighted by Gasteiger charge is 2.25. The lowest BCUT2D eigenvalue weighted by molar-refractivity contribution is 0.249. The molecule has 1 aliphatic heterocycles. The number of nitriles is 1. The van der Waals surface area contributed by atoms with Gasteiger partial charge in [0.15, 0.2) is 0 Å². The molecule has 1 unspecified atom stereocenters. The first kappa shape index (κ1) is 14.8. The molecule has 122 valence electrons. The van der Waals surface area contributed by atoms with E-state index in [1.165, 1.54) is 5.56 Å². The molecule has 1 aliphatic carbocycles. The van der Waals surface area contributed by atoms with Gasteiger partial charge in [-0.3, -0.25) is 0 Å². The van der Waals surface area contributed by atoms with Crippen LogP contribution in [0.5, 0.6) is 5.88 Å². The summed E-state index contributed by atoms with van der Waals surface area (Å²) in [7, 11) is 0. The van der Waals surface area contributed by atoms with Crippen LogP contribution in [-0.2, 0) is 12.8 Å². The number of rotatable bonds is 4. The van der Waals surface area contributed by atoms with Crippen molar-refractivity contribution in [3.63, 3.8) is 0 Å². The summed E-state index contributed by atoms with van der Waals surface area (Å²) in [6, 6.07) is 5.70. The monoisotopic (exact) mass is 322 g/mol. The minimum absolute atomic E-state index is 0.396. The molecule has 1 saturated heterocycles. The van der Waals surface area contributed by atoms with Crippen molar-refractivity contribution in [2.75, 3.05) is 24.6 Å². The van der Waals surface area contributed by atoms with Crippen molar-refractivity contribution in [1.29, 1.82) is 5.26 Å². The van der Waals surface area contributed by atoms with Crippen LogP contribution >= 0.6 is 0 Å². The molecular weight excluding hydrogens is 304 g/mol. The molecule has 0 saturated carbocycles. The number of aromatic nitrogens is 4. The van der Waals surface area contributed by atoms with Crippen LogP contribution in [0.2, 0.25) is 0 Å². The predicted octanol–water partition coefficient (Wildman–Crippen LogP) is 1.53. The van der Waals surface area contributed by atoms with E-state index >= 15 is 0 Å². The van der Waals surface area contributed by atoms with Gasteiger partial charge in [0, 0.05) is 31.3 Å². The zero-order chi connectivity index (χ0) is 16.4. The van der Waals surface area contributed by atoms with Gasteiger partial charge in [-0.05, 0) is 37.3 Å². The molecule has 2 aromatic rings. The van der Waals surface area contributed by atoms with Crippen molar-refractivity contribution in [3.05, 3.63) is 35.3 Å². The zero-order valence-corrected chi connectivity index (χ0v) is 13.4. The van der Waals surface area contributed by atoms with Crippen LogP contribution < -0.4 is 9.64 Å². The Morgan fingerprint density at radius 2 is 2.29 bits per heavy atom. The maximum atomic E-state index is 8.94. The van der Waals surface area contributed by atoms with E-state index in [9.17, 15) is 0 Å². The first-order valence-electron chi connectivity index (χ1n) is 8.28. The molecule has 0 aromatic carbocycles. The Hall–Kier alpha value is -2.75. The molecule has 1 fully saturated rings. The Balaban J connectivity index is 1.35. The summed E-state index contributed by atoms with van der Waals surface area (Å²) in [5.74, 6) is 1.64. The van der Waals surface area contributed by atoms with E-state index in [2.05, 4.69) is 31.1 Å². The predicted molar refractivity (Wildman–Crippen MR) is 86.6 cm³/mol. The quantitative estimate of drug-likeness (QED) is 0.843. The number of fused-ring (bicyclic) bond motifs is 1. The van der Waals surface area contributed by atoms with Gasteiger partial charge in [0.05, 0.1) is 12.3 Å². The molecule has 1 atom stereocenters. The summed E-state index contributed by atoms with van der Waals surface area (Å²) in [4.78, 5) is 10.6. The van der Waals surface area contributed by atoms with Crippen LogP contribution in [0.15, 0.2) is 18.3 Å². The molecule has 7 nitrogen and oxygen atoms in total. The second-order valence-electron chi connectivity index (χ2n) is 6.27. The Bertz CT molecular complexity index is 787. The second-order valence-corrected chi connectivity index (χ2v) is 6.27. The molecule has 0 spiro atoms. The van der Waals surface area contributed by atoms with E-state index in [1.54, 1.807) is 12.3 Å². The van der Waals surface area contributed by atoms with Crippen LogP contribution in [0.1, 0.15) is 29.8 Å². The molecule has 3 heterocycles. The van der Waals surface area contributed by atoms with E-state index in [-0.39, 0.29) is 0 Å². The lowest BCUT2D eigenvalue weighted by Gasteiger charge is -2.16. The maximum absolute atomic E-state index is 8.94. The molecule has 0 N–H and O–H groups in total. The number of anilines is 1. The highest BCUT2D eigenvalue weighted by Crippen LogP contribution is 2.24. The van der Waals surface area contributed by atoms with E-state index in [0.717, 1.165) is 44.5 Å². The van der Waals surface area contributed by atoms with Crippen LogP contribution in [0.4, 0.5) is 5.95 Å². The molecule has 0 radical (unpaired) electrons. The normalized spacial score (nSPS) is 19.1. The number of hydrogen-bond donors (Lipinski definition) is 0. The number of nitrogens with zero attached hydrogens (tertiary/aromatic N) is 6. The summed E-state index contributed by atoms with van der Waals surface area (Å²) in [6.07, 6.45) is 5.91. The van der Waals surface area contributed by atoms with Gasteiger partial charge >= 0.3 is 0 Å². The van der Waals surface area contributed by atoms with Gasteiger partial charge < -0.3 is 9.64 Å². The van der Waals surface area contributed by atoms with Gasteiger partial charge in [-0.1, -0.05) is 0 Å². The van der Waals surface area contributed by atoms with E-state index in [0.29, 0.717) is 30.0 Å². The van der Waals surface area contributed by atoms with Crippen molar-refractivity contribution < 1.29 is 4.74 Å². The van der Waals surface area contributed by atoms with Crippen LogP contribution in [0.25, 0.3) is 0 Å². The van der Waals surface area contributed by atoms with Crippen LogP contribution in [0.3, 0.4) is 0 Å². The van der Waals surface area contributed by atoms with Gasteiger partial charge in [-0.2, -0.15) is 10.4 Å². The number of hydrogen-bond acceptors (Lipinski definition) is 7. The topological polar surface area (TPSA) is 87.8 Å². The Labute approximate surface area is 140 Å². The van der Waals surface area contributed by atoms with Crippen molar-refractivity contribution in [2.24, 2.45) is 5.92 Å². The molecule has 0 amide bonds. The Morgan fingerprint density at radius 3 is 3.21 bits per heavy atom. The first-order valence-corrected chi connectivity index (χ1v) is 8.28. The molecule has 7 heteroatoms. The molecule has 0 bridgehead atoms. The number of ether oxygens (including phenoxy) is 1. The van der Waals surface area contributed by atoms with E-state index < -0.39 is 0 Å². The van der Waals surface area contributed by atoms with E-state index in [4.69, 9.17) is 10.00 Å². The second kappa shape index (κ2) is 6.40. The summed E-state index contributed by atoms with van der Waals surface area (Å²) in [5, 5.41) is 17.4. The summed E-state index contributed by atoms with van der Waals surface area (Å²) in [5.41, 5.74) is 2.78. The zero-order valence-electron chi connectivity index (χ0n) is 13.4. The third-order valence-electron chi connectivity index (χ3n) is 4.59. The highest BCUT2D eigenvalue weighted by molar-refractivity contribution is 5.35. The van der Waals surface area contributed by atoms with Gasteiger partial charge in [-0.15, -0.1) is 5.10 Å². The fourth-order valence-corrected chi connectivity index (χ4v) is 3.30. The standard InChI is InChI=1S/C17H18N6O/c18-9-14-4-6-19-17(20-14)23-7-5-12(10-23)11-24-16-8-13-2-1-3-15(13)21-22-16/h4,6,8,12H,1-3,5,7,10-11H2. The highest BCUT2D eigenvalue weighted by atomic mass is 16.5. The molecular formula is C17H18N6O. The minimum atomic E-state index is 0.396. The first-order chi connectivity index (χ1) is 11.8. The summed E-state index contributed by atoms with van der Waals surface area (Å²) in [6.45, 7) is 2.31. The van der Waals surface area contributed by atoms with Crippen molar-refractivity contribution in [3.8, 4) is 11.9 Å². The maximum Gasteiger partial charge on any atom is 0.233 e. The molecule has 2 aliphatic rings. The molecule has 24 heavy (non-hydrogen) atoms. The third-order valence-corrected chi connectivity index (χ3v) is 4.59. The molecule has 2 aromatic heterocycles. The average molecular weight is 322 g/mol. The smallest absolute Gasteiger partial charge is 0.233 e. The Morgan fingerprint density at radius 1 is 1.33 bits per heavy atom. The van der Waals surface area contributed by atoms with Crippen molar-refractivity contribution in [2.45, 2.75) is 25.7 Å². The molecule has 4 rings (SSSR count). The number of aryl methyl sites for hydroxylation is 2. The largest absolute Gasteiger partial charge is 0.476 e. The fourth-order valence-electron chi connectivity index (χ4n) is 3.30. The van der Waals surface area contributed by atoms with Gasteiger partial charge in [0.1, 0.15) is 11.8 Å². The van der Waals surface area contributed by atoms with Gasteiger partial charge in [-0.25, -0.2) is 9.97 Å². The van der Waals surface area contributed by atoms with Crippen LogP contribution in [-0.4, -0.2) is 39.9 Å². The van der Waals surface area contributed by atoms with E-state index in [1.807, 2.05) is 6.07 Å². The fraction of sp³-hybridized carbons (Fsp3) is 0.471. The average Bonchev–Trinajstić information content (AvgIpc) is 3.28. The van der Waals surface area contributed by atoms with Crippen molar-refractivity contribution >= 4 is 5.95 Å². The SMILES string of the molecule is N#Cc1ccnc(N2CCC(COc3cc4c(nn3)CCC4)C2)n1.